The van der Waals surface area contributed by atoms with Crippen LogP contribution in [0.3, 0.4) is 0 Å². The first kappa shape index (κ1) is 19.6. The van der Waals surface area contributed by atoms with E-state index in [0.717, 1.165) is 10.4 Å². The van der Waals surface area contributed by atoms with Crippen molar-refractivity contribution in [2.45, 2.75) is 34.2 Å². The Morgan fingerprint density at radius 1 is 1.22 bits per heavy atom. The van der Waals surface area contributed by atoms with Crippen LogP contribution in [-0.4, -0.2) is 33.4 Å². The third-order valence-electron chi connectivity index (χ3n) is 4.81. The maximum atomic E-state index is 13.3. The first-order valence-corrected chi connectivity index (χ1v) is 10.1. The van der Waals surface area contributed by atoms with Gasteiger partial charge < -0.3 is 4.90 Å². The summed E-state index contributed by atoms with van der Waals surface area (Å²) in [5, 5.41) is 1.08. The standard InChI is InChI=1S/C20H22ClN3O2S/c1-5-23(6-2)16(25)11-24-18(14-9-7-8-10-15(14)21)22-19-17(20(24)26)12(3)13(4)27-19/h7-10H,5-6,11H2,1-4H3. The van der Waals surface area contributed by atoms with Crippen LogP contribution in [-0.2, 0) is 11.3 Å². The maximum absolute atomic E-state index is 13.3. The summed E-state index contributed by atoms with van der Waals surface area (Å²) in [6.45, 7) is 8.87. The molecule has 3 aromatic rings. The quantitative estimate of drug-likeness (QED) is 0.639. The summed E-state index contributed by atoms with van der Waals surface area (Å²) >= 11 is 7.86. The number of hydrogen-bond donors (Lipinski definition) is 0. The smallest absolute Gasteiger partial charge is 0.263 e. The second kappa shape index (κ2) is 7.82. The number of rotatable bonds is 5. The number of thiophene rings is 1. The largest absolute Gasteiger partial charge is 0.342 e. The summed E-state index contributed by atoms with van der Waals surface area (Å²) in [5.74, 6) is 0.320. The van der Waals surface area contributed by atoms with Gasteiger partial charge in [0.05, 0.1) is 10.4 Å². The van der Waals surface area contributed by atoms with Gasteiger partial charge in [0.25, 0.3) is 5.56 Å². The van der Waals surface area contributed by atoms with Crippen molar-refractivity contribution in [2.24, 2.45) is 0 Å². The molecule has 0 N–H and O–H groups in total. The van der Waals surface area contributed by atoms with Crippen LogP contribution >= 0.6 is 22.9 Å². The number of benzene rings is 1. The molecule has 0 saturated heterocycles. The minimum Gasteiger partial charge on any atom is -0.342 e. The predicted molar refractivity (Wildman–Crippen MR) is 112 cm³/mol. The average molecular weight is 404 g/mol. The summed E-state index contributed by atoms with van der Waals surface area (Å²) in [6, 6.07) is 7.25. The fourth-order valence-electron chi connectivity index (χ4n) is 3.13. The fraction of sp³-hybridized carbons (Fsp3) is 0.350. The molecule has 142 valence electrons. The Labute approximate surface area is 167 Å². The third kappa shape index (κ3) is 3.51. The molecule has 0 spiro atoms. The Bertz CT molecular complexity index is 1070. The van der Waals surface area contributed by atoms with Gasteiger partial charge in [0.15, 0.2) is 0 Å². The van der Waals surface area contributed by atoms with Gasteiger partial charge in [-0.2, -0.15) is 0 Å². The Morgan fingerprint density at radius 2 is 1.89 bits per heavy atom. The summed E-state index contributed by atoms with van der Waals surface area (Å²) in [7, 11) is 0. The highest BCUT2D eigenvalue weighted by Gasteiger charge is 2.21. The molecule has 0 unspecified atom stereocenters. The Balaban J connectivity index is 2.28. The van der Waals surface area contributed by atoms with Gasteiger partial charge in [-0.3, -0.25) is 14.2 Å². The zero-order valence-electron chi connectivity index (χ0n) is 15.9. The number of nitrogens with zero attached hydrogens (tertiary/aromatic N) is 3. The normalized spacial score (nSPS) is 11.1. The Kier molecular flexibility index (Phi) is 5.67. The molecule has 0 aliphatic rings. The minimum absolute atomic E-state index is 0.0572. The number of aromatic nitrogens is 2. The molecule has 27 heavy (non-hydrogen) atoms. The molecule has 3 rings (SSSR count). The fourth-order valence-corrected chi connectivity index (χ4v) is 4.37. The van der Waals surface area contributed by atoms with E-state index in [1.807, 2.05) is 45.9 Å². The van der Waals surface area contributed by atoms with Crippen molar-refractivity contribution in [1.82, 2.24) is 14.5 Å². The van der Waals surface area contributed by atoms with Crippen LogP contribution < -0.4 is 5.56 Å². The molecule has 7 heteroatoms. The number of hydrogen-bond acceptors (Lipinski definition) is 4. The van der Waals surface area contributed by atoms with Crippen LogP contribution in [0.4, 0.5) is 0 Å². The molecule has 0 fully saturated rings. The van der Waals surface area contributed by atoms with Gasteiger partial charge in [0, 0.05) is 23.5 Å². The van der Waals surface area contributed by atoms with Crippen molar-refractivity contribution in [1.29, 1.82) is 0 Å². The summed E-state index contributed by atoms with van der Waals surface area (Å²) in [5.41, 5.74) is 1.37. The van der Waals surface area contributed by atoms with E-state index in [4.69, 9.17) is 16.6 Å². The number of carbonyl (C=O) groups excluding carboxylic acids is 1. The second-order valence-electron chi connectivity index (χ2n) is 6.34. The predicted octanol–water partition coefficient (Wildman–Crippen LogP) is 4.26. The molecular formula is C20H22ClN3O2S. The Morgan fingerprint density at radius 3 is 2.52 bits per heavy atom. The Hall–Kier alpha value is -2.18. The van der Waals surface area contributed by atoms with Crippen molar-refractivity contribution in [2.75, 3.05) is 13.1 Å². The van der Waals surface area contributed by atoms with Crippen molar-refractivity contribution in [3.05, 3.63) is 50.1 Å². The number of likely N-dealkylation sites (N-methyl/N-ethyl adjacent to an activating group) is 1. The SMILES string of the molecule is CCN(CC)C(=O)Cn1c(-c2ccccc2Cl)nc2sc(C)c(C)c2c1=O. The van der Waals surface area contributed by atoms with Gasteiger partial charge in [-0.15, -0.1) is 11.3 Å². The zero-order valence-corrected chi connectivity index (χ0v) is 17.4. The molecule has 1 aromatic carbocycles. The number of halogens is 1. The van der Waals surface area contributed by atoms with Gasteiger partial charge >= 0.3 is 0 Å². The van der Waals surface area contributed by atoms with Crippen molar-refractivity contribution in [3.63, 3.8) is 0 Å². The summed E-state index contributed by atoms with van der Waals surface area (Å²) in [4.78, 5) is 34.2. The van der Waals surface area contributed by atoms with Crippen LogP contribution in [0, 0.1) is 13.8 Å². The lowest BCUT2D eigenvalue weighted by Crippen LogP contribution is -2.37. The molecule has 0 bridgehead atoms. The highest BCUT2D eigenvalue weighted by Crippen LogP contribution is 2.31. The van der Waals surface area contributed by atoms with E-state index in [-0.39, 0.29) is 18.0 Å². The number of amides is 1. The number of carbonyl (C=O) groups is 1. The van der Waals surface area contributed by atoms with Gasteiger partial charge in [0.1, 0.15) is 17.2 Å². The van der Waals surface area contributed by atoms with Crippen molar-refractivity contribution >= 4 is 39.1 Å². The summed E-state index contributed by atoms with van der Waals surface area (Å²) < 4.78 is 1.46. The van der Waals surface area contributed by atoms with Gasteiger partial charge in [-0.05, 0) is 45.4 Å². The van der Waals surface area contributed by atoms with E-state index < -0.39 is 0 Å². The topological polar surface area (TPSA) is 55.2 Å². The molecule has 0 aliphatic carbocycles. The van der Waals surface area contributed by atoms with E-state index in [1.54, 1.807) is 11.0 Å². The molecule has 1 amide bonds. The van der Waals surface area contributed by atoms with E-state index in [1.165, 1.54) is 15.9 Å². The first-order valence-electron chi connectivity index (χ1n) is 8.92. The lowest BCUT2D eigenvalue weighted by molar-refractivity contribution is -0.131. The monoisotopic (exact) mass is 403 g/mol. The minimum atomic E-state index is -0.197. The van der Waals surface area contributed by atoms with Gasteiger partial charge in [-0.1, -0.05) is 23.7 Å². The van der Waals surface area contributed by atoms with E-state index in [0.29, 0.717) is 39.7 Å². The van der Waals surface area contributed by atoms with E-state index >= 15 is 0 Å². The first-order chi connectivity index (χ1) is 12.9. The third-order valence-corrected chi connectivity index (χ3v) is 6.24. The molecule has 0 atom stereocenters. The zero-order chi connectivity index (χ0) is 19.7. The van der Waals surface area contributed by atoms with Gasteiger partial charge in [0.2, 0.25) is 5.91 Å². The highest BCUT2D eigenvalue weighted by atomic mass is 35.5. The number of fused-ring (bicyclic) bond motifs is 1. The van der Waals surface area contributed by atoms with Crippen molar-refractivity contribution < 1.29 is 4.79 Å². The lowest BCUT2D eigenvalue weighted by Gasteiger charge is -2.20. The van der Waals surface area contributed by atoms with Crippen LogP contribution in [0.2, 0.25) is 5.02 Å². The maximum Gasteiger partial charge on any atom is 0.263 e. The molecular weight excluding hydrogens is 382 g/mol. The molecule has 0 saturated carbocycles. The second-order valence-corrected chi connectivity index (χ2v) is 7.95. The lowest BCUT2D eigenvalue weighted by atomic mass is 10.1. The molecule has 2 aromatic heterocycles. The van der Waals surface area contributed by atoms with Gasteiger partial charge in [-0.25, -0.2) is 4.98 Å². The number of aryl methyl sites for hydroxylation is 2. The van der Waals surface area contributed by atoms with Crippen LogP contribution in [0.5, 0.6) is 0 Å². The van der Waals surface area contributed by atoms with E-state index in [9.17, 15) is 9.59 Å². The molecule has 0 aliphatic heterocycles. The van der Waals surface area contributed by atoms with E-state index in [2.05, 4.69) is 0 Å². The van der Waals surface area contributed by atoms with Crippen molar-refractivity contribution in [3.8, 4) is 11.4 Å². The highest BCUT2D eigenvalue weighted by molar-refractivity contribution is 7.18. The van der Waals surface area contributed by atoms with Crippen LogP contribution in [0.15, 0.2) is 29.1 Å². The molecule has 5 nitrogen and oxygen atoms in total. The summed E-state index contributed by atoms with van der Waals surface area (Å²) in [6.07, 6.45) is 0. The molecule has 2 heterocycles. The molecule has 0 radical (unpaired) electrons. The average Bonchev–Trinajstić information content (AvgIpc) is 2.93. The van der Waals surface area contributed by atoms with Crippen LogP contribution in [0.1, 0.15) is 24.3 Å². The van der Waals surface area contributed by atoms with Crippen LogP contribution in [0.25, 0.3) is 21.6 Å².